The van der Waals surface area contributed by atoms with Gasteiger partial charge < -0.3 is 9.47 Å². The molecule has 0 saturated carbocycles. The summed E-state index contributed by atoms with van der Waals surface area (Å²) in [5.41, 5.74) is 0.297. The Morgan fingerprint density at radius 2 is 1.85 bits per heavy atom. The Balaban J connectivity index is 1.21. The number of sulfonamides is 1. The van der Waals surface area contributed by atoms with Crippen molar-refractivity contribution in [3.63, 3.8) is 0 Å². The number of ether oxygens (including phenoxy) is 2. The third-order valence-corrected chi connectivity index (χ3v) is 8.82. The van der Waals surface area contributed by atoms with Gasteiger partial charge in [0.15, 0.2) is 0 Å². The number of aromatic nitrogens is 2. The second kappa shape index (κ2) is 9.37. The molecule has 0 bridgehead atoms. The Labute approximate surface area is 194 Å². The fourth-order valence-electron chi connectivity index (χ4n) is 5.06. The molecule has 1 atom stereocenters. The van der Waals surface area contributed by atoms with E-state index in [1.807, 2.05) is 30.3 Å². The van der Waals surface area contributed by atoms with Crippen molar-refractivity contribution in [1.82, 2.24) is 14.3 Å². The number of piperidine rings is 1. The Bertz CT molecular complexity index is 1190. The van der Waals surface area contributed by atoms with Crippen molar-refractivity contribution < 1.29 is 17.9 Å². The maximum atomic E-state index is 13.4. The highest BCUT2D eigenvalue weighted by atomic mass is 32.2. The summed E-state index contributed by atoms with van der Waals surface area (Å²) in [6, 6.07) is 12.8. The predicted octanol–water partition coefficient (Wildman–Crippen LogP) is 4.05. The first kappa shape index (κ1) is 22.3. The predicted molar refractivity (Wildman–Crippen MR) is 125 cm³/mol. The summed E-state index contributed by atoms with van der Waals surface area (Å²) in [7, 11) is -3.61. The molecule has 33 heavy (non-hydrogen) atoms. The lowest BCUT2D eigenvalue weighted by Crippen LogP contribution is -2.50. The van der Waals surface area contributed by atoms with Crippen LogP contribution in [-0.2, 0) is 14.8 Å². The molecule has 0 aliphatic carbocycles. The average Bonchev–Trinajstić information content (AvgIpc) is 2.85. The molecule has 2 aliphatic rings. The van der Waals surface area contributed by atoms with Crippen molar-refractivity contribution in [2.24, 2.45) is 5.92 Å². The standard InChI is InChI=1S/C25H29N3O4S/c29-33(30,23-5-1-3-21-4-2-12-27-24(21)23)28-15-10-25(11-16-28)19-20(9-18-32-25)8-17-31-22-6-13-26-14-7-22/h1-7,12-14,20H,8-11,15-19H2. The van der Waals surface area contributed by atoms with E-state index in [1.54, 1.807) is 35.0 Å². The number of fused-ring (bicyclic) bond motifs is 1. The average molecular weight is 468 g/mol. The minimum atomic E-state index is -3.61. The monoisotopic (exact) mass is 467 g/mol. The second-order valence-corrected chi connectivity index (χ2v) is 10.9. The van der Waals surface area contributed by atoms with Gasteiger partial charge in [0.25, 0.3) is 0 Å². The minimum Gasteiger partial charge on any atom is -0.493 e. The van der Waals surface area contributed by atoms with E-state index in [0.717, 1.165) is 37.0 Å². The van der Waals surface area contributed by atoms with Gasteiger partial charge in [0, 0.05) is 43.7 Å². The number of para-hydroxylation sites is 1. The molecule has 1 aromatic carbocycles. The quantitative estimate of drug-likeness (QED) is 0.544. The molecule has 8 heteroatoms. The molecule has 0 N–H and O–H groups in total. The van der Waals surface area contributed by atoms with Crippen LogP contribution in [0, 0.1) is 5.92 Å². The van der Waals surface area contributed by atoms with E-state index in [1.165, 1.54) is 0 Å². The molecule has 1 unspecified atom stereocenters. The molecule has 0 amide bonds. The summed E-state index contributed by atoms with van der Waals surface area (Å²) in [5, 5.41) is 0.833. The van der Waals surface area contributed by atoms with Crippen molar-refractivity contribution in [2.75, 3.05) is 26.3 Å². The lowest BCUT2D eigenvalue weighted by Gasteiger charge is -2.45. The molecule has 5 rings (SSSR count). The first-order chi connectivity index (χ1) is 16.1. The van der Waals surface area contributed by atoms with Crippen LogP contribution in [0.15, 0.2) is 66.0 Å². The number of pyridine rings is 2. The fourth-order valence-corrected chi connectivity index (χ4v) is 6.67. The van der Waals surface area contributed by atoms with E-state index in [4.69, 9.17) is 9.47 Å². The van der Waals surface area contributed by atoms with Gasteiger partial charge in [0.1, 0.15) is 10.6 Å². The van der Waals surface area contributed by atoms with Crippen LogP contribution in [-0.4, -0.2) is 54.6 Å². The van der Waals surface area contributed by atoms with Gasteiger partial charge in [0.2, 0.25) is 10.0 Å². The lowest BCUT2D eigenvalue weighted by molar-refractivity contribution is -0.122. The minimum absolute atomic E-state index is 0.234. The van der Waals surface area contributed by atoms with Crippen LogP contribution < -0.4 is 4.74 Å². The Hall–Kier alpha value is -2.55. The summed E-state index contributed by atoms with van der Waals surface area (Å²) in [4.78, 5) is 8.64. The molecule has 2 aliphatic heterocycles. The lowest BCUT2D eigenvalue weighted by atomic mass is 9.79. The van der Waals surface area contributed by atoms with Crippen LogP contribution in [0.3, 0.4) is 0 Å². The molecule has 2 fully saturated rings. The summed E-state index contributed by atoms with van der Waals surface area (Å²) >= 11 is 0. The zero-order valence-electron chi connectivity index (χ0n) is 18.6. The SMILES string of the molecule is O=S(=O)(c1cccc2cccnc12)N1CCC2(CC1)CC(CCOc1ccncc1)CCO2. The number of rotatable bonds is 6. The Morgan fingerprint density at radius 3 is 2.67 bits per heavy atom. The number of hydrogen-bond donors (Lipinski definition) is 0. The normalized spacial score (nSPS) is 21.3. The van der Waals surface area contributed by atoms with Gasteiger partial charge in [-0.2, -0.15) is 4.31 Å². The Kier molecular flexibility index (Phi) is 6.32. The maximum Gasteiger partial charge on any atom is 0.245 e. The molecular formula is C25H29N3O4S. The van der Waals surface area contributed by atoms with Crippen molar-refractivity contribution in [3.05, 3.63) is 61.1 Å². The van der Waals surface area contributed by atoms with Gasteiger partial charge in [-0.3, -0.25) is 9.97 Å². The molecule has 0 radical (unpaired) electrons. The van der Waals surface area contributed by atoms with Crippen molar-refractivity contribution in [1.29, 1.82) is 0 Å². The van der Waals surface area contributed by atoms with E-state index >= 15 is 0 Å². The molecule has 1 spiro atoms. The fraction of sp³-hybridized carbons (Fsp3) is 0.440. The van der Waals surface area contributed by atoms with Crippen LogP contribution in [0.2, 0.25) is 0 Å². The maximum absolute atomic E-state index is 13.4. The van der Waals surface area contributed by atoms with E-state index < -0.39 is 10.0 Å². The van der Waals surface area contributed by atoms with Crippen LogP contribution in [0.4, 0.5) is 0 Å². The van der Waals surface area contributed by atoms with Gasteiger partial charge in [-0.05, 0) is 62.3 Å². The molecule has 2 aromatic heterocycles. The van der Waals surface area contributed by atoms with E-state index in [-0.39, 0.29) is 10.5 Å². The number of hydrogen-bond acceptors (Lipinski definition) is 6. The summed E-state index contributed by atoms with van der Waals surface area (Å²) in [6.45, 7) is 2.32. The van der Waals surface area contributed by atoms with Crippen LogP contribution in [0.25, 0.3) is 10.9 Å². The highest BCUT2D eigenvalue weighted by Crippen LogP contribution is 2.40. The number of nitrogens with zero attached hydrogens (tertiary/aromatic N) is 3. The molecule has 2 saturated heterocycles. The van der Waals surface area contributed by atoms with E-state index in [2.05, 4.69) is 9.97 Å². The second-order valence-electron chi connectivity index (χ2n) is 8.95. The third-order valence-electron chi connectivity index (χ3n) is 6.89. The summed E-state index contributed by atoms with van der Waals surface area (Å²) in [6.07, 6.45) is 9.47. The molecule has 7 nitrogen and oxygen atoms in total. The summed E-state index contributed by atoms with van der Waals surface area (Å²) in [5.74, 6) is 1.36. The van der Waals surface area contributed by atoms with Crippen molar-refractivity contribution in [3.8, 4) is 5.75 Å². The van der Waals surface area contributed by atoms with Gasteiger partial charge in [0.05, 0.1) is 17.7 Å². The largest absolute Gasteiger partial charge is 0.493 e. The van der Waals surface area contributed by atoms with E-state index in [0.29, 0.717) is 44.0 Å². The smallest absolute Gasteiger partial charge is 0.245 e. The van der Waals surface area contributed by atoms with Gasteiger partial charge in [-0.25, -0.2) is 8.42 Å². The zero-order chi connectivity index (χ0) is 22.7. The molecule has 4 heterocycles. The van der Waals surface area contributed by atoms with Gasteiger partial charge in [-0.15, -0.1) is 0 Å². The van der Waals surface area contributed by atoms with Crippen LogP contribution in [0.5, 0.6) is 5.75 Å². The van der Waals surface area contributed by atoms with E-state index in [9.17, 15) is 8.42 Å². The topological polar surface area (TPSA) is 81.6 Å². The van der Waals surface area contributed by atoms with Crippen LogP contribution >= 0.6 is 0 Å². The highest BCUT2D eigenvalue weighted by molar-refractivity contribution is 7.89. The molecule has 174 valence electrons. The third kappa shape index (κ3) is 4.74. The zero-order valence-corrected chi connectivity index (χ0v) is 19.4. The first-order valence-electron chi connectivity index (χ1n) is 11.6. The summed E-state index contributed by atoms with van der Waals surface area (Å²) < 4.78 is 40.6. The van der Waals surface area contributed by atoms with Gasteiger partial charge in [-0.1, -0.05) is 18.2 Å². The molecule has 3 aromatic rings. The highest BCUT2D eigenvalue weighted by Gasteiger charge is 2.43. The van der Waals surface area contributed by atoms with Gasteiger partial charge >= 0.3 is 0 Å². The van der Waals surface area contributed by atoms with Crippen molar-refractivity contribution >= 4 is 20.9 Å². The van der Waals surface area contributed by atoms with Crippen LogP contribution in [0.1, 0.15) is 32.1 Å². The molecular weight excluding hydrogens is 438 g/mol. The first-order valence-corrected chi connectivity index (χ1v) is 13.0. The Morgan fingerprint density at radius 1 is 1.06 bits per heavy atom. The number of benzene rings is 1. The van der Waals surface area contributed by atoms with Crippen molar-refractivity contribution in [2.45, 2.75) is 42.6 Å².